The Morgan fingerprint density at radius 3 is 2.70 bits per heavy atom. The van der Waals surface area contributed by atoms with Gasteiger partial charge in [-0.15, -0.1) is 0 Å². The highest BCUT2D eigenvalue weighted by atomic mass is 15.3. The minimum absolute atomic E-state index is 0.756. The van der Waals surface area contributed by atoms with Crippen LogP contribution in [-0.2, 0) is 6.54 Å². The molecule has 0 aliphatic carbocycles. The molecule has 3 rings (SSSR count). The molecule has 1 saturated heterocycles. The number of hydrogen-bond acceptors (Lipinski definition) is 4. The fourth-order valence-corrected chi connectivity index (χ4v) is 2.59. The van der Waals surface area contributed by atoms with Gasteiger partial charge in [0.1, 0.15) is 11.9 Å². The number of H-pyrrole nitrogens is 1. The van der Waals surface area contributed by atoms with E-state index in [1.165, 1.54) is 0 Å². The molecule has 0 unspecified atom stereocenters. The van der Waals surface area contributed by atoms with Gasteiger partial charge in [0, 0.05) is 38.6 Å². The van der Waals surface area contributed by atoms with Crippen LogP contribution in [0.15, 0.2) is 36.7 Å². The van der Waals surface area contributed by atoms with Crippen molar-refractivity contribution in [2.24, 2.45) is 0 Å². The van der Waals surface area contributed by atoms with Gasteiger partial charge in [-0.3, -0.25) is 4.90 Å². The fraction of sp³-hybridized carbons (Fsp3) is 0.333. The van der Waals surface area contributed by atoms with Crippen molar-refractivity contribution in [3.63, 3.8) is 0 Å². The summed E-state index contributed by atoms with van der Waals surface area (Å²) < 4.78 is 0. The molecule has 1 aromatic carbocycles. The lowest BCUT2D eigenvalue weighted by molar-refractivity contribution is 0.244. The van der Waals surface area contributed by atoms with Crippen LogP contribution in [0.3, 0.4) is 0 Å². The Bertz CT molecular complexity index is 591. The molecule has 2 heterocycles. The van der Waals surface area contributed by atoms with Crippen LogP contribution >= 0.6 is 0 Å². The van der Waals surface area contributed by atoms with Crippen LogP contribution in [0.1, 0.15) is 11.4 Å². The van der Waals surface area contributed by atoms with E-state index in [1.54, 1.807) is 6.20 Å². The van der Waals surface area contributed by atoms with Gasteiger partial charge in [0.05, 0.1) is 17.8 Å². The zero-order chi connectivity index (χ0) is 13.8. The number of aromatic nitrogens is 2. The lowest BCUT2D eigenvalue weighted by Crippen LogP contribution is -2.46. The number of para-hydroxylation sites is 1. The van der Waals surface area contributed by atoms with E-state index in [0.29, 0.717) is 0 Å². The molecule has 1 aliphatic rings. The zero-order valence-corrected chi connectivity index (χ0v) is 11.3. The summed E-state index contributed by atoms with van der Waals surface area (Å²) in [6.07, 6.45) is 3.64. The van der Waals surface area contributed by atoms with Gasteiger partial charge in [0.2, 0.25) is 0 Å². The lowest BCUT2D eigenvalue weighted by atomic mass is 10.1. The number of hydrogen-bond donors (Lipinski definition) is 1. The molecular weight excluding hydrogens is 250 g/mol. The first-order valence-electron chi connectivity index (χ1n) is 6.81. The SMILES string of the molecule is N#Cc1ccccc1N1CCN(Cc2ncc[nH]2)CC1. The number of aromatic amines is 1. The van der Waals surface area contributed by atoms with E-state index in [2.05, 4.69) is 25.8 Å². The van der Waals surface area contributed by atoms with Gasteiger partial charge < -0.3 is 9.88 Å². The molecule has 0 atom stereocenters. The summed E-state index contributed by atoms with van der Waals surface area (Å²) in [5, 5.41) is 9.17. The monoisotopic (exact) mass is 267 g/mol. The molecular formula is C15H17N5. The molecule has 0 spiro atoms. The molecule has 0 amide bonds. The van der Waals surface area contributed by atoms with Gasteiger partial charge in [0.25, 0.3) is 0 Å². The molecule has 5 heteroatoms. The van der Waals surface area contributed by atoms with Gasteiger partial charge in [0.15, 0.2) is 0 Å². The van der Waals surface area contributed by atoms with Gasteiger partial charge in [-0.1, -0.05) is 12.1 Å². The van der Waals surface area contributed by atoms with Crippen LogP contribution in [0.2, 0.25) is 0 Å². The maximum Gasteiger partial charge on any atom is 0.120 e. The summed E-state index contributed by atoms with van der Waals surface area (Å²) in [6.45, 7) is 4.72. The van der Waals surface area contributed by atoms with E-state index in [-0.39, 0.29) is 0 Å². The number of nitrogens with zero attached hydrogens (tertiary/aromatic N) is 4. The van der Waals surface area contributed by atoms with E-state index >= 15 is 0 Å². The molecule has 102 valence electrons. The number of nitrogens with one attached hydrogen (secondary N) is 1. The van der Waals surface area contributed by atoms with Crippen molar-refractivity contribution in [2.45, 2.75) is 6.54 Å². The van der Waals surface area contributed by atoms with Crippen molar-refractivity contribution < 1.29 is 0 Å². The maximum absolute atomic E-state index is 9.17. The van der Waals surface area contributed by atoms with Crippen LogP contribution in [0, 0.1) is 11.3 Å². The van der Waals surface area contributed by atoms with Crippen LogP contribution in [0.25, 0.3) is 0 Å². The Morgan fingerprint density at radius 2 is 2.00 bits per heavy atom. The normalized spacial score (nSPS) is 16.1. The molecule has 1 aliphatic heterocycles. The number of rotatable bonds is 3. The molecule has 1 N–H and O–H groups in total. The third-order valence-electron chi connectivity index (χ3n) is 3.67. The fourth-order valence-electron chi connectivity index (χ4n) is 2.59. The lowest BCUT2D eigenvalue weighted by Gasteiger charge is -2.36. The first-order chi connectivity index (χ1) is 9.86. The summed E-state index contributed by atoms with van der Waals surface area (Å²) >= 11 is 0. The predicted octanol–water partition coefficient (Wildman–Crippen LogP) is 1.60. The van der Waals surface area contributed by atoms with Gasteiger partial charge in [-0.2, -0.15) is 5.26 Å². The number of anilines is 1. The smallest absolute Gasteiger partial charge is 0.120 e. The Labute approximate surface area is 118 Å². The minimum atomic E-state index is 0.756. The highest BCUT2D eigenvalue weighted by Crippen LogP contribution is 2.21. The predicted molar refractivity (Wildman–Crippen MR) is 77.2 cm³/mol. The molecule has 0 radical (unpaired) electrons. The van der Waals surface area contributed by atoms with Crippen LogP contribution in [-0.4, -0.2) is 41.0 Å². The molecule has 0 bridgehead atoms. The number of piperazine rings is 1. The average Bonchev–Trinajstić information content (AvgIpc) is 3.01. The first-order valence-corrected chi connectivity index (χ1v) is 6.81. The summed E-state index contributed by atoms with van der Waals surface area (Å²) in [4.78, 5) is 12.1. The average molecular weight is 267 g/mol. The van der Waals surface area contributed by atoms with E-state index in [4.69, 9.17) is 0 Å². The quantitative estimate of drug-likeness (QED) is 0.917. The number of imidazole rings is 1. The van der Waals surface area contributed by atoms with Crippen molar-refractivity contribution in [1.29, 1.82) is 5.26 Å². The van der Waals surface area contributed by atoms with E-state index in [9.17, 15) is 5.26 Å². The van der Waals surface area contributed by atoms with Gasteiger partial charge in [-0.05, 0) is 12.1 Å². The molecule has 0 saturated carbocycles. The third-order valence-corrected chi connectivity index (χ3v) is 3.67. The van der Waals surface area contributed by atoms with Crippen molar-refractivity contribution >= 4 is 5.69 Å². The van der Waals surface area contributed by atoms with E-state index < -0.39 is 0 Å². The molecule has 1 fully saturated rings. The Kier molecular flexibility index (Phi) is 3.66. The topological polar surface area (TPSA) is 59.0 Å². The Morgan fingerprint density at radius 1 is 1.20 bits per heavy atom. The van der Waals surface area contributed by atoms with E-state index in [0.717, 1.165) is 49.8 Å². The first kappa shape index (κ1) is 12.7. The zero-order valence-electron chi connectivity index (χ0n) is 11.3. The minimum Gasteiger partial charge on any atom is -0.368 e. The second kappa shape index (κ2) is 5.76. The summed E-state index contributed by atoms with van der Waals surface area (Å²) in [6, 6.07) is 10.1. The number of benzene rings is 1. The largest absolute Gasteiger partial charge is 0.368 e. The summed E-state index contributed by atoms with van der Waals surface area (Å²) in [5.74, 6) is 1.01. The maximum atomic E-state index is 9.17. The molecule has 5 nitrogen and oxygen atoms in total. The standard InChI is InChI=1S/C15H17N5/c16-11-13-3-1-2-4-14(13)20-9-7-19(8-10-20)12-15-17-5-6-18-15/h1-6H,7-10,12H2,(H,17,18). The third kappa shape index (κ3) is 2.65. The van der Waals surface area contributed by atoms with Crippen LogP contribution in [0.5, 0.6) is 0 Å². The van der Waals surface area contributed by atoms with Crippen molar-refractivity contribution in [1.82, 2.24) is 14.9 Å². The molecule has 2 aromatic rings. The van der Waals surface area contributed by atoms with Crippen molar-refractivity contribution in [3.8, 4) is 6.07 Å². The van der Waals surface area contributed by atoms with Gasteiger partial charge >= 0.3 is 0 Å². The van der Waals surface area contributed by atoms with Crippen molar-refractivity contribution in [3.05, 3.63) is 48.0 Å². The Balaban J connectivity index is 1.62. The van der Waals surface area contributed by atoms with Gasteiger partial charge in [-0.25, -0.2) is 4.98 Å². The molecule has 1 aromatic heterocycles. The number of nitriles is 1. The van der Waals surface area contributed by atoms with Crippen LogP contribution in [0.4, 0.5) is 5.69 Å². The van der Waals surface area contributed by atoms with Crippen LogP contribution < -0.4 is 4.90 Å². The highest BCUT2D eigenvalue weighted by Gasteiger charge is 2.19. The second-order valence-electron chi connectivity index (χ2n) is 4.93. The van der Waals surface area contributed by atoms with E-state index in [1.807, 2.05) is 30.5 Å². The summed E-state index contributed by atoms with van der Waals surface area (Å²) in [5.41, 5.74) is 1.81. The second-order valence-corrected chi connectivity index (χ2v) is 4.93. The highest BCUT2D eigenvalue weighted by molar-refractivity contribution is 5.59. The van der Waals surface area contributed by atoms with Crippen molar-refractivity contribution in [2.75, 3.05) is 31.1 Å². The Hall–Kier alpha value is -2.32. The molecule has 20 heavy (non-hydrogen) atoms. The summed E-state index contributed by atoms with van der Waals surface area (Å²) in [7, 11) is 0.